The van der Waals surface area contributed by atoms with Crippen LogP contribution in [0.15, 0.2) is 24.3 Å². The minimum Gasteiger partial charge on any atom is -0.497 e. The predicted octanol–water partition coefficient (Wildman–Crippen LogP) is 1.63. The summed E-state index contributed by atoms with van der Waals surface area (Å²) in [6, 6.07) is 7.13. The van der Waals surface area contributed by atoms with Gasteiger partial charge in [0.05, 0.1) is 18.6 Å². The Bertz CT molecular complexity index is 834. The van der Waals surface area contributed by atoms with Gasteiger partial charge in [-0.05, 0) is 25.0 Å². The fourth-order valence-corrected chi connectivity index (χ4v) is 5.28. The van der Waals surface area contributed by atoms with Crippen molar-refractivity contribution in [1.82, 2.24) is 14.7 Å². The number of rotatable bonds is 2. The van der Waals surface area contributed by atoms with Gasteiger partial charge in [-0.15, -0.1) is 0 Å². The van der Waals surface area contributed by atoms with Gasteiger partial charge in [-0.3, -0.25) is 9.59 Å². The number of benzene rings is 1. The maximum absolute atomic E-state index is 12.8. The van der Waals surface area contributed by atoms with Crippen molar-refractivity contribution in [2.45, 2.75) is 25.3 Å². The molecule has 0 aromatic heterocycles. The van der Waals surface area contributed by atoms with E-state index in [0.29, 0.717) is 37.6 Å². The first kappa shape index (κ1) is 19.5. The Balaban J connectivity index is 1.43. The molecule has 3 saturated heterocycles. The summed E-state index contributed by atoms with van der Waals surface area (Å²) in [5.74, 6) is 0.885. The van der Waals surface area contributed by atoms with Crippen LogP contribution in [0.1, 0.15) is 19.8 Å². The number of methoxy groups -OCH3 is 1. The molecule has 8 nitrogen and oxygen atoms in total. The number of likely N-dealkylation sites (tertiary alicyclic amines) is 3. The Morgan fingerprint density at radius 3 is 2.55 bits per heavy atom. The van der Waals surface area contributed by atoms with Gasteiger partial charge >= 0.3 is 6.03 Å². The number of ether oxygens (including phenoxy) is 1. The quantitative estimate of drug-likeness (QED) is 0.818. The van der Waals surface area contributed by atoms with Crippen molar-refractivity contribution >= 4 is 23.5 Å². The highest BCUT2D eigenvalue weighted by Gasteiger charge is 2.60. The third-order valence-corrected chi connectivity index (χ3v) is 7.01. The van der Waals surface area contributed by atoms with E-state index in [0.717, 1.165) is 12.8 Å². The van der Waals surface area contributed by atoms with Gasteiger partial charge < -0.3 is 24.8 Å². The minimum absolute atomic E-state index is 0.0279. The summed E-state index contributed by atoms with van der Waals surface area (Å²) in [6.45, 7) is 3.87. The van der Waals surface area contributed by atoms with E-state index >= 15 is 0 Å². The van der Waals surface area contributed by atoms with E-state index in [1.807, 2.05) is 30.1 Å². The molecule has 3 aliphatic heterocycles. The van der Waals surface area contributed by atoms with Crippen LogP contribution in [0.5, 0.6) is 5.75 Å². The number of hydrogen-bond donors (Lipinski definition) is 1. The minimum atomic E-state index is -0.265. The van der Waals surface area contributed by atoms with Gasteiger partial charge in [0, 0.05) is 57.8 Å². The van der Waals surface area contributed by atoms with Gasteiger partial charge in [0.2, 0.25) is 11.8 Å². The molecule has 1 aromatic rings. The molecule has 0 unspecified atom stereocenters. The molecule has 4 rings (SSSR count). The lowest BCUT2D eigenvalue weighted by Crippen LogP contribution is -2.57. The van der Waals surface area contributed by atoms with E-state index in [4.69, 9.17) is 4.74 Å². The zero-order chi connectivity index (χ0) is 20.8. The standard InChI is InChI=1S/C21H28N4O4/c1-14(26)25-12-17-18(13-25)21(23(2)19(17)27)7-9-24(10-8-21)20(28)22-15-5-4-6-16(11-15)29-3/h4-6,11,17-18H,7-10,12-13H2,1-3H3,(H,22,28)/t17-,18+/m0/s1. The lowest BCUT2D eigenvalue weighted by atomic mass is 9.75. The molecule has 0 bridgehead atoms. The number of amides is 4. The van der Waals surface area contributed by atoms with Crippen LogP contribution in [0.25, 0.3) is 0 Å². The Kier molecular flexibility index (Phi) is 4.88. The Morgan fingerprint density at radius 1 is 1.17 bits per heavy atom. The van der Waals surface area contributed by atoms with Crippen molar-refractivity contribution in [3.8, 4) is 5.75 Å². The van der Waals surface area contributed by atoms with Gasteiger partial charge in [-0.25, -0.2) is 4.79 Å². The van der Waals surface area contributed by atoms with Gasteiger partial charge in [-0.1, -0.05) is 6.07 Å². The summed E-state index contributed by atoms with van der Waals surface area (Å²) in [7, 11) is 3.47. The van der Waals surface area contributed by atoms with E-state index in [-0.39, 0.29) is 35.2 Å². The van der Waals surface area contributed by atoms with Crippen LogP contribution in [0, 0.1) is 11.8 Å². The predicted molar refractivity (Wildman–Crippen MR) is 108 cm³/mol. The highest BCUT2D eigenvalue weighted by Crippen LogP contribution is 2.48. The summed E-state index contributed by atoms with van der Waals surface area (Å²) in [4.78, 5) is 42.9. The van der Waals surface area contributed by atoms with E-state index in [9.17, 15) is 14.4 Å². The van der Waals surface area contributed by atoms with Crippen LogP contribution in [0.3, 0.4) is 0 Å². The van der Waals surface area contributed by atoms with Crippen molar-refractivity contribution < 1.29 is 19.1 Å². The molecule has 0 aliphatic carbocycles. The number of carbonyl (C=O) groups is 3. The molecule has 1 N–H and O–H groups in total. The first-order valence-electron chi connectivity index (χ1n) is 10.1. The smallest absolute Gasteiger partial charge is 0.321 e. The number of nitrogens with one attached hydrogen (secondary N) is 1. The fraction of sp³-hybridized carbons (Fsp3) is 0.571. The molecule has 0 saturated carbocycles. The molecular formula is C21H28N4O4. The molecule has 2 atom stereocenters. The molecule has 3 aliphatic rings. The Morgan fingerprint density at radius 2 is 1.90 bits per heavy atom. The van der Waals surface area contributed by atoms with Crippen LogP contribution < -0.4 is 10.1 Å². The van der Waals surface area contributed by atoms with E-state index in [1.54, 1.807) is 29.9 Å². The second-order valence-corrected chi connectivity index (χ2v) is 8.29. The Labute approximate surface area is 170 Å². The lowest BCUT2D eigenvalue weighted by Gasteiger charge is -2.46. The molecule has 3 fully saturated rings. The number of fused-ring (bicyclic) bond motifs is 2. The van der Waals surface area contributed by atoms with Crippen molar-refractivity contribution in [3.05, 3.63) is 24.3 Å². The van der Waals surface area contributed by atoms with E-state index in [2.05, 4.69) is 5.32 Å². The molecule has 4 amide bonds. The molecule has 0 radical (unpaired) electrons. The zero-order valence-electron chi connectivity index (χ0n) is 17.2. The lowest BCUT2D eigenvalue weighted by molar-refractivity contribution is -0.135. The highest BCUT2D eigenvalue weighted by molar-refractivity contribution is 5.90. The summed E-state index contributed by atoms with van der Waals surface area (Å²) < 4.78 is 5.20. The van der Waals surface area contributed by atoms with Gasteiger partial charge in [0.25, 0.3) is 0 Å². The number of hydrogen-bond acceptors (Lipinski definition) is 4. The average molecular weight is 400 g/mol. The Hall–Kier alpha value is -2.77. The van der Waals surface area contributed by atoms with Gasteiger partial charge in [-0.2, -0.15) is 0 Å². The largest absolute Gasteiger partial charge is 0.497 e. The van der Waals surface area contributed by atoms with Crippen molar-refractivity contribution in [2.24, 2.45) is 11.8 Å². The molecule has 156 valence electrons. The number of piperidine rings is 1. The maximum Gasteiger partial charge on any atom is 0.321 e. The van der Waals surface area contributed by atoms with Crippen LogP contribution in [-0.2, 0) is 9.59 Å². The highest BCUT2D eigenvalue weighted by atomic mass is 16.5. The second kappa shape index (κ2) is 7.24. The number of anilines is 1. The SMILES string of the molecule is COc1cccc(NC(=O)N2CCC3(CC2)[C@@H]2CN(C(C)=O)C[C@@H]2C(=O)N3C)c1. The first-order chi connectivity index (χ1) is 13.9. The number of nitrogens with zero attached hydrogens (tertiary/aromatic N) is 3. The molecule has 1 spiro atoms. The fourth-order valence-electron chi connectivity index (χ4n) is 5.28. The summed E-state index contributed by atoms with van der Waals surface area (Å²) in [5, 5.41) is 2.93. The monoisotopic (exact) mass is 400 g/mol. The van der Waals surface area contributed by atoms with Crippen molar-refractivity contribution in [2.75, 3.05) is 45.7 Å². The van der Waals surface area contributed by atoms with Crippen LogP contribution >= 0.6 is 0 Å². The summed E-state index contributed by atoms with van der Waals surface area (Å²) in [6.07, 6.45) is 1.46. The first-order valence-corrected chi connectivity index (χ1v) is 10.1. The van der Waals surface area contributed by atoms with Gasteiger partial charge in [0.15, 0.2) is 0 Å². The van der Waals surface area contributed by atoms with Crippen LogP contribution in [0.4, 0.5) is 10.5 Å². The second-order valence-electron chi connectivity index (χ2n) is 8.29. The normalized spacial score (nSPS) is 25.3. The van der Waals surface area contributed by atoms with Crippen molar-refractivity contribution in [3.63, 3.8) is 0 Å². The number of urea groups is 1. The molecule has 8 heteroatoms. The van der Waals surface area contributed by atoms with Crippen LogP contribution in [0.2, 0.25) is 0 Å². The third kappa shape index (κ3) is 3.20. The molecule has 29 heavy (non-hydrogen) atoms. The average Bonchev–Trinajstić information content (AvgIpc) is 3.25. The summed E-state index contributed by atoms with van der Waals surface area (Å²) in [5.41, 5.74) is 0.425. The number of carbonyl (C=O) groups excluding carboxylic acids is 3. The van der Waals surface area contributed by atoms with E-state index in [1.165, 1.54) is 0 Å². The molecule has 1 aromatic carbocycles. The molecule has 3 heterocycles. The topological polar surface area (TPSA) is 82.2 Å². The third-order valence-electron chi connectivity index (χ3n) is 7.01. The summed E-state index contributed by atoms with van der Waals surface area (Å²) >= 11 is 0. The van der Waals surface area contributed by atoms with Crippen molar-refractivity contribution in [1.29, 1.82) is 0 Å². The molecular weight excluding hydrogens is 372 g/mol. The maximum atomic E-state index is 12.8. The van der Waals surface area contributed by atoms with E-state index < -0.39 is 0 Å². The van der Waals surface area contributed by atoms with Crippen LogP contribution in [-0.4, -0.2) is 78.4 Å². The van der Waals surface area contributed by atoms with Gasteiger partial charge in [0.1, 0.15) is 5.75 Å². The zero-order valence-corrected chi connectivity index (χ0v) is 17.2.